The Morgan fingerprint density at radius 3 is 1.29 bits per heavy atom. The van der Waals surface area contributed by atoms with E-state index < -0.39 is 0 Å². The van der Waals surface area contributed by atoms with E-state index in [4.69, 9.17) is 0 Å². The Kier molecular flexibility index (Phi) is 10.6. The fourth-order valence-corrected chi connectivity index (χ4v) is 18.2. The van der Waals surface area contributed by atoms with Crippen LogP contribution in [0, 0.1) is 11.8 Å². The second-order valence-corrected chi connectivity index (χ2v) is 19.0. The molecule has 0 bridgehead atoms. The molecule has 5 fully saturated rings. The normalized spacial score (nSPS) is 28.5. The van der Waals surface area contributed by atoms with E-state index in [1.54, 1.807) is 173 Å². The van der Waals surface area contributed by atoms with Crippen molar-refractivity contribution < 1.29 is 0 Å². The molecule has 0 radical (unpaired) electrons. The van der Waals surface area contributed by atoms with E-state index in [9.17, 15) is 0 Å². The highest BCUT2D eigenvalue weighted by atomic mass is 31.1. The van der Waals surface area contributed by atoms with Crippen LogP contribution in [0.2, 0.25) is 0 Å². The molecular weight excluding hydrogens is 446 g/mol. The lowest BCUT2D eigenvalue weighted by molar-refractivity contribution is 0.165. The minimum atomic E-state index is 0.280. The van der Waals surface area contributed by atoms with Crippen LogP contribution in [0.5, 0.6) is 0 Å². The first-order valence-corrected chi connectivity index (χ1v) is 19.8. The van der Waals surface area contributed by atoms with Crippen molar-refractivity contribution in [2.24, 2.45) is 11.8 Å². The molecule has 5 aliphatic rings. The van der Waals surface area contributed by atoms with Gasteiger partial charge in [0.2, 0.25) is 0 Å². The average Bonchev–Trinajstić information content (AvgIpc) is 2.94. The van der Waals surface area contributed by atoms with Crippen LogP contribution in [0.15, 0.2) is 0 Å². The van der Waals surface area contributed by atoms with E-state index in [-0.39, 0.29) is 15.8 Å². The third-order valence-corrected chi connectivity index (χ3v) is 18.9. The highest BCUT2D eigenvalue weighted by molar-refractivity contribution is 7.60. The van der Waals surface area contributed by atoms with Crippen LogP contribution >= 0.6 is 15.8 Å². The predicted octanol–water partition coefficient (Wildman–Crippen LogP) is 11.1. The van der Waals surface area contributed by atoms with E-state index in [0.717, 1.165) is 17.0 Å². The standard InChI is InChI=1S/C32H58P2/c1-6-16-28(17-7-1)32(29-18-8-2-9-19-29,33-25-14-5-15-26-33)24-27-34(30-20-10-3-11-21-30)31-22-12-4-13-23-31/h28-31H,1-27H2. The van der Waals surface area contributed by atoms with Crippen LogP contribution in [-0.4, -0.2) is 35.0 Å². The van der Waals surface area contributed by atoms with Gasteiger partial charge in [-0.05, 0) is 117 Å². The molecule has 0 nitrogen and oxygen atoms in total. The van der Waals surface area contributed by atoms with Gasteiger partial charge in [0.25, 0.3) is 0 Å². The molecule has 0 aromatic rings. The van der Waals surface area contributed by atoms with Crippen molar-refractivity contribution in [1.82, 2.24) is 0 Å². The molecule has 4 saturated carbocycles. The molecule has 2 heteroatoms. The largest absolute Gasteiger partial charge is 0.100 e. The van der Waals surface area contributed by atoms with Gasteiger partial charge in [-0.25, -0.2) is 0 Å². The second-order valence-electron chi connectivity index (χ2n) is 13.3. The lowest BCUT2D eigenvalue weighted by Gasteiger charge is -2.56. The molecule has 5 rings (SSSR count). The zero-order valence-electron chi connectivity index (χ0n) is 22.8. The summed E-state index contributed by atoms with van der Waals surface area (Å²) in [6.07, 6.45) is 43.3. The maximum absolute atomic E-state index is 1.72. The molecule has 0 aromatic heterocycles. The lowest BCUT2D eigenvalue weighted by atomic mass is 9.67. The summed E-state index contributed by atoms with van der Waals surface area (Å²) < 4.78 is 0. The second kappa shape index (κ2) is 13.6. The molecule has 196 valence electrons. The lowest BCUT2D eigenvalue weighted by Crippen LogP contribution is -2.47. The maximum atomic E-state index is 1.72. The van der Waals surface area contributed by atoms with Crippen LogP contribution in [0.3, 0.4) is 0 Å². The Morgan fingerprint density at radius 2 is 0.853 bits per heavy atom. The highest BCUT2D eigenvalue weighted by Gasteiger charge is 2.50. The third-order valence-electron chi connectivity index (χ3n) is 11.4. The summed E-state index contributed by atoms with van der Waals surface area (Å²) in [6, 6.07) is 0. The minimum Gasteiger partial charge on any atom is -0.100 e. The van der Waals surface area contributed by atoms with Gasteiger partial charge >= 0.3 is 0 Å². The van der Waals surface area contributed by atoms with Crippen LogP contribution in [0.25, 0.3) is 0 Å². The first-order valence-electron chi connectivity index (χ1n) is 16.4. The molecule has 0 N–H and O–H groups in total. The number of hydrogen-bond donors (Lipinski definition) is 0. The molecular formula is C32H58P2. The topological polar surface area (TPSA) is 0 Å². The van der Waals surface area contributed by atoms with Gasteiger partial charge < -0.3 is 0 Å². The minimum absolute atomic E-state index is 0.280. The molecule has 0 spiro atoms. The van der Waals surface area contributed by atoms with Gasteiger partial charge in [0.1, 0.15) is 0 Å². The Labute approximate surface area is 216 Å². The van der Waals surface area contributed by atoms with E-state index in [1.165, 1.54) is 11.3 Å². The fraction of sp³-hybridized carbons (Fsp3) is 1.00. The van der Waals surface area contributed by atoms with E-state index in [0.29, 0.717) is 0 Å². The Morgan fingerprint density at radius 1 is 0.471 bits per heavy atom. The number of rotatable bonds is 8. The van der Waals surface area contributed by atoms with Gasteiger partial charge in [-0.3, -0.25) is 0 Å². The van der Waals surface area contributed by atoms with Crippen molar-refractivity contribution in [3.63, 3.8) is 0 Å². The Bertz CT molecular complexity index is 494. The Hall–Kier alpha value is 0.860. The van der Waals surface area contributed by atoms with Crippen LogP contribution in [0.4, 0.5) is 0 Å². The predicted molar refractivity (Wildman–Crippen MR) is 157 cm³/mol. The SMILES string of the molecule is C1CCC(P(CCC(C2CCCCC2)(C2CCCCC2)P2CCCCC2)C2CCCCC2)CC1. The van der Waals surface area contributed by atoms with Crippen LogP contribution < -0.4 is 0 Å². The molecule has 1 aliphatic heterocycles. The van der Waals surface area contributed by atoms with E-state index >= 15 is 0 Å². The summed E-state index contributed by atoms with van der Waals surface area (Å²) in [5, 5.41) is 0.820. The van der Waals surface area contributed by atoms with Gasteiger partial charge in [-0.1, -0.05) is 91.4 Å². The van der Waals surface area contributed by atoms with Crippen molar-refractivity contribution in [2.75, 3.05) is 18.5 Å². The molecule has 4 aliphatic carbocycles. The van der Waals surface area contributed by atoms with Gasteiger partial charge in [-0.15, -0.1) is 7.92 Å². The molecule has 0 amide bonds. The maximum Gasteiger partial charge on any atom is -0.00346 e. The quantitative estimate of drug-likeness (QED) is 0.288. The van der Waals surface area contributed by atoms with Crippen molar-refractivity contribution in [2.45, 2.75) is 171 Å². The smallest absolute Gasteiger partial charge is 0.00346 e. The molecule has 1 heterocycles. The summed E-state index contributed by atoms with van der Waals surface area (Å²) in [7, 11) is 0.566. The van der Waals surface area contributed by atoms with Crippen molar-refractivity contribution in [3.8, 4) is 0 Å². The zero-order chi connectivity index (χ0) is 23.1. The summed E-state index contributed by atoms with van der Waals surface area (Å²) in [4.78, 5) is 0. The highest BCUT2D eigenvalue weighted by Crippen LogP contribution is 2.68. The monoisotopic (exact) mass is 504 g/mol. The summed E-state index contributed by atoms with van der Waals surface area (Å²) in [6.45, 7) is 0. The molecule has 0 atom stereocenters. The van der Waals surface area contributed by atoms with Gasteiger partial charge in [-0.2, -0.15) is 0 Å². The van der Waals surface area contributed by atoms with Gasteiger partial charge in [0, 0.05) is 0 Å². The molecule has 34 heavy (non-hydrogen) atoms. The molecule has 0 aromatic carbocycles. The van der Waals surface area contributed by atoms with E-state index in [1.807, 2.05) is 0 Å². The van der Waals surface area contributed by atoms with Crippen molar-refractivity contribution >= 4 is 15.8 Å². The summed E-state index contributed by atoms with van der Waals surface area (Å²) in [5.41, 5.74) is 2.34. The Balaban J connectivity index is 1.42. The van der Waals surface area contributed by atoms with Crippen LogP contribution in [0.1, 0.15) is 154 Å². The van der Waals surface area contributed by atoms with Crippen LogP contribution in [-0.2, 0) is 0 Å². The fourth-order valence-electron chi connectivity index (χ4n) is 9.73. The third kappa shape index (κ3) is 6.28. The molecule has 0 unspecified atom stereocenters. The first-order chi connectivity index (χ1) is 16.9. The summed E-state index contributed by atoms with van der Waals surface area (Å²) in [5.74, 6) is 2.26. The number of hydrogen-bond acceptors (Lipinski definition) is 0. The van der Waals surface area contributed by atoms with Gasteiger partial charge in [0.15, 0.2) is 0 Å². The average molecular weight is 505 g/mol. The van der Waals surface area contributed by atoms with Crippen molar-refractivity contribution in [1.29, 1.82) is 0 Å². The van der Waals surface area contributed by atoms with E-state index in [2.05, 4.69) is 0 Å². The zero-order valence-corrected chi connectivity index (χ0v) is 24.6. The summed E-state index contributed by atoms with van der Waals surface area (Å²) >= 11 is 0. The van der Waals surface area contributed by atoms with Crippen molar-refractivity contribution in [3.05, 3.63) is 0 Å². The molecule has 1 saturated heterocycles. The first kappa shape index (κ1) is 26.5. The van der Waals surface area contributed by atoms with Gasteiger partial charge in [0.05, 0.1) is 0 Å².